The minimum Gasteiger partial charge on any atom is -0.487 e. The molecule has 2 aromatic rings. The van der Waals surface area contributed by atoms with Crippen LogP contribution in [0.4, 0.5) is 0 Å². The molecule has 0 fully saturated rings. The fourth-order valence-electron chi connectivity index (χ4n) is 1.66. The molecule has 0 unspecified atom stereocenters. The molecule has 0 aliphatic heterocycles. The van der Waals surface area contributed by atoms with Crippen molar-refractivity contribution >= 4 is 35.2 Å². The molecule has 0 spiro atoms. The van der Waals surface area contributed by atoms with Crippen LogP contribution in [0.25, 0.3) is 6.08 Å². The lowest BCUT2D eigenvalue weighted by Gasteiger charge is -2.09. The molecule has 0 aliphatic carbocycles. The molecule has 5 heteroatoms. The van der Waals surface area contributed by atoms with Gasteiger partial charge in [-0.3, -0.25) is 4.79 Å². The van der Waals surface area contributed by atoms with Crippen LogP contribution in [0, 0.1) is 0 Å². The molecule has 0 bridgehead atoms. The van der Waals surface area contributed by atoms with Crippen molar-refractivity contribution in [3.05, 3.63) is 69.7 Å². The first-order valence-corrected chi connectivity index (χ1v) is 6.94. The Bertz CT molecular complexity index is 666. The van der Waals surface area contributed by atoms with E-state index in [9.17, 15) is 4.79 Å². The second-order valence-corrected chi connectivity index (χ2v) is 5.18. The second-order valence-electron chi connectivity index (χ2n) is 4.34. The maximum absolute atomic E-state index is 10.7. The molecule has 108 valence electrons. The SMILES string of the molecule is NC(=O)/C=C/c1ccc(OCc2ccc(Cl)cc2)c(Cl)c1. The normalized spacial score (nSPS) is 10.8. The first kappa shape index (κ1) is 15.4. The molecule has 0 saturated carbocycles. The number of amides is 1. The molecule has 0 saturated heterocycles. The molecular weight excluding hydrogens is 309 g/mol. The summed E-state index contributed by atoms with van der Waals surface area (Å²) in [6.45, 7) is 0.396. The summed E-state index contributed by atoms with van der Waals surface area (Å²) in [7, 11) is 0. The first-order valence-electron chi connectivity index (χ1n) is 6.19. The highest BCUT2D eigenvalue weighted by Gasteiger charge is 2.03. The number of benzene rings is 2. The number of rotatable bonds is 5. The third kappa shape index (κ3) is 4.81. The number of halogens is 2. The Morgan fingerprint density at radius 1 is 1.14 bits per heavy atom. The Morgan fingerprint density at radius 3 is 2.48 bits per heavy atom. The predicted octanol–water partition coefficient (Wildman–Crippen LogP) is 4.07. The van der Waals surface area contributed by atoms with Crippen molar-refractivity contribution in [2.75, 3.05) is 0 Å². The predicted molar refractivity (Wildman–Crippen MR) is 85.5 cm³/mol. The van der Waals surface area contributed by atoms with E-state index in [0.717, 1.165) is 11.1 Å². The van der Waals surface area contributed by atoms with Gasteiger partial charge in [0.05, 0.1) is 5.02 Å². The summed E-state index contributed by atoms with van der Waals surface area (Å²) < 4.78 is 5.65. The van der Waals surface area contributed by atoms with Gasteiger partial charge in [0.15, 0.2) is 0 Å². The van der Waals surface area contributed by atoms with Gasteiger partial charge in [-0.15, -0.1) is 0 Å². The van der Waals surface area contributed by atoms with E-state index in [4.69, 9.17) is 33.7 Å². The highest BCUT2D eigenvalue weighted by atomic mass is 35.5. The largest absolute Gasteiger partial charge is 0.487 e. The van der Waals surface area contributed by atoms with Crippen molar-refractivity contribution in [1.29, 1.82) is 0 Å². The van der Waals surface area contributed by atoms with Crippen LogP contribution in [0.5, 0.6) is 5.75 Å². The van der Waals surface area contributed by atoms with Crippen LogP contribution in [0.2, 0.25) is 10.0 Å². The van der Waals surface area contributed by atoms with Gasteiger partial charge in [-0.05, 0) is 41.5 Å². The smallest absolute Gasteiger partial charge is 0.241 e. The summed E-state index contributed by atoms with van der Waals surface area (Å²) in [5, 5.41) is 1.15. The van der Waals surface area contributed by atoms with Gasteiger partial charge < -0.3 is 10.5 Å². The van der Waals surface area contributed by atoms with E-state index in [0.29, 0.717) is 22.4 Å². The molecule has 0 aliphatic rings. The van der Waals surface area contributed by atoms with Crippen LogP contribution in [0.3, 0.4) is 0 Å². The van der Waals surface area contributed by atoms with Crippen LogP contribution >= 0.6 is 23.2 Å². The topological polar surface area (TPSA) is 52.3 Å². The van der Waals surface area contributed by atoms with Crippen LogP contribution in [-0.2, 0) is 11.4 Å². The third-order valence-corrected chi connectivity index (χ3v) is 3.25. The van der Waals surface area contributed by atoms with Gasteiger partial charge in [-0.1, -0.05) is 41.4 Å². The Kier molecular flexibility index (Phi) is 5.26. The van der Waals surface area contributed by atoms with Crippen LogP contribution < -0.4 is 10.5 Å². The van der Waals surface area contributed by atoms with E-state index in [1.54, 1.807) is 36.4 Å². The summed E-state index contributed by atoms with van der Waals surface area (Å²) >= 11 is 12.0. The van der Waals surface area contributed by atoms with Crippen molar-refractivity contribution in [3.63, 3.8) is 0 Å². The highest BCUT2D eigenvalue weighted by Crippen LogP contribution is 2.27. The van der Waals surface area contributed by atoms with E-state index >= 15 is 0 Å². The molecule has 2 aromatic carbocycles. The molecule has 21 heavy (non-hydrogen) atoms. The second kappa shape index (κ2) is 7.16. The molecule has 0 heterocycles. The molecule has 3 nitrogen and oxygen atoms in total. The van der Waals surface area contributed by atoms with Crippen molar-refractivity contribution in [2.24, 2.45) is 5.73 Å². The molecule has 1 amide bonds. The van der Waals surface area contributed by atoms with E-state index < -0.39 is 5.91 Å². The highest BCUT2D eigenvalue weighted by molar-refractivity contribution is 6.32. The van der Waals surface area contributed by atoms with Crippen LogP contribution in [0.1, 0.15) is 11.1 Å². The molecule has 2 N–H and O–H groups in total. The van der Waals surface area contributed by atoms with E-state index in [1.165, 1.54) is 6.08 Å². The average Bonchev–Trinajstić information content (AvgIpc) is 2.46. The third-order valence-electron chi connectivity index (χ3n) is 2.70. The Labute approximate surface area is 132 Å². The Morgan fingerprint density at radius 2 is 1.86 bits per heavy atom. The number of hydrogen-bond donors (Lipinski definition) is 1. The van der Waals surface area contributed by atoms with Crippen molar-refractivity contribution < 1.29 is 9.53 Å². The minimum absolute atomic E-state index is 0.396. The number of carbonyl (C=O) groups excluding carboxylic acids is 1. The molecule has 2 rings (SSSR count). The quantitative estimate of drug-likeness (QED) is 0.844. The van der Waals surface area contributed by atoms with Gasteiger partial charge in [-0.25, -0.2) is 0 Å². The fraction of sp³-hybridized carbons (Fsp3) is 0.0625. The number of nitrogens with two attached hydrogens (primary N) is 1. The Balaban J connectivity index is 2.04. The average molecular weight is 322 g/mol. The van der Waals surface area contributed by atoms with Gasteiger partial charge >= 0.3 is 0 Å². The molecule has 0 aromatic heterocycles. The summed E-state index contributed by atoms with van der Waals surface area (Å²) in [6.07, 6.45) is 2.87. The maximum atomic E-state index is 10.7. The monoisotopic (exact) mass is 321 g/mol. The number of primary amides is 1. The van der Waals surface area contributed by atoms with E-state index in [-0.39, 0.29) is 0 Å². The lowest BCUT2D eigenvalue weighted by molar-refractivity contribution is -0.113. The molecule has 0 atom stereocenters. The van der Waals surface area contributed by atoms with Gasteiger partial charge in [0.2, 0.25) is 5.91 Å². The van der Waals surface area contributed by atoms with Gasteiger partial charge in [-0.2, -0.15) is 0 Å². The van der Waals surface area contributed by atoms with Crippen LogP contribution in [0.15, 0.2) is 48.5 Å². The van der Waals surface area contributed by atoms with Crippen LogP contribution in [-0.4, -0.2) is 5.91 Å². The fourth-order valence-corrected chi connectivity index (χ4v) is 2.03. The summed E-state index contributed by atoms with van der Waals surface area (Å²) in [4.78, 5) is 10.7. The van der Waals surface area contributed by atoms with E-state index in [2.05, 4.69) is 0 Å². The molecule has 0 radical (unpaired) electrons. The van der Waals surface area contributed by atoms with Gasteiger partial charge in [0.25, 0.3) is 0 Å². The van der Waals surface area contributed by atoms with Crippen molar-refractivity contribution in [3.8, 4) is 5.75 Å². The summed E-state index contributed by atoms with van der Waals surface area (Å²) in [5.41, 5.74) is 6.81. The van der Waals surface area contributed by atoms with Gasteiger partial charge in [0, 0.05) is 11.1 Å². The zero-order valence-corrected chi connectivity index (χ0v) is 12.6. The lowest BCUT2D eigenvalue weighted by atomic mass is 10.2. The standard InChI is InChI=1S/C16H13Cl2NO2/c17-13-5-1-12(2-6-13)10-21-15-7-3-11(9-14(15)18)4-8-16(19)20/h1-9H,10H2,(H2,19,20)/b8-4+. The lowest BCUT2D eigenvalue weighted by Crippen LogP contribution is -2.05. The Hall–Kier alpha value is -1.97. The zero-order chi connectivity index (χ0) is 15.2. The minimum atomic E-state index is -0.505. The molecular formula is C16H13Cl2NO2. The van der Waals surface area contributed by atoms with E-state index in [1.807, 2.05) is 12.1 Å². The van der Waals surface area contributed by atoms with Crippen molar-refractivity contribution in [2.45, 2.75) is 6.61 Å². The number of carbonyl (C=O) groups is 1. The maximum Gasteiger partial charge on any atom is 0.241 e. The number of ether oxygens (including phenoxy) is 1. The van der Waals surface area contributed by atoms with Crippen molar-refractivity contribution in [1.82, 2.24) is 0 Å². The zero-order valence-electron chi connectivity index (χ0n) is 11.1. The summed E-state index contributed by atoms with van der Waals surface area (Å²) in [6, 6.07) is 12.6. The first-order chi connectivity index (χ1) is 10.0. The number of hydrogen-bond acceptors (Lipinski definition) is 2. The van der Waals surface area contributed by atoms with Gasteiger partial charge in [0.1, 0.15) is 12.4 Å². The summed E-state index contributed by atoms with van der Waals surface area (Å²) in [5.74, 6) is 0.0667.